The average molecular weight is 332 g/mol. The standard InChI is InChI=1S/C13H11ClFNO2S2/c1-7-11(5-12(17)18)20-13(16-7)19-6-8-4-9(15)2-3-10(8)14/h2-4H,5-6H2,1H3,(H,17,18). The lowest BCUT2D eigenvalue weighted by molar-refractivity contribution is -0.136. The monoisotopic (exact) mass is 331 g/mol. The minimum Gasteiger partial charge on any atom is -0.481 e. The largest absolute Gasteiger partial charge is 0.481 e. The van der Waals surface area contributed by atoms with Gasteiger partial charge in [0.2, 0.25) is 0 Å². The van der Waals surface area contributed by atoms with Crippen LogP contribution in [0.15, 0.2) is 22.5 Å². The molecule has 1 N–H and O–H groups in total. The van der Waals surface area contributed by atoms with E-state index >= 15 is 0 Å². The van der Waals surface area contributed by atoms with E-state index in [1.54, 1.807) is 6.92 Å². The Morgan fingerprint density at radius 2 is 2.30 bits per heavy atom. The SMILES string of the molecule is Cc1nc(SCc2cc(F)ccc2Cl)sc1CC(=O)O. The molecular formula is C13H11ClFNO2S2. The molecule has 0 spiro atoms. The van der Waals surface area contributed by atoms with Gasteiger partial charge in [0.25, 0.3) is 0 Å². The normalized spacial score (nSPS) is 10.8. The fraction of sp³-hybridized carbons (Fsp3) is 0.231. The summed E-state index contributed by atoms with van der Waals surface area (Å²) in [5, 5.41) is 9.30. The van der Waals surface area contributed by atoms with Crippen molar-refractivity contribution in [3.8, 4) is 0 Å². The number of thioether (sulfide) groups is 1. The summed E-state index contributed by atoms with van der Waals surface area (Å²) >= 11 is 8.77. The molecule has 1 aromatic carbocycles. The Morgan fingerprint density at radius 1 is 1.55 bits per heavy atom. The number of halogens is 2. The minimum atomic E-state index is -0.874. The molecule has 0 saturated heterocycles. The average Bonchev–Trinajstić information content (AvgIpc) is 2.70. The first-order valence-corrected chi connectivity index (χ1v) is 7.88. The van der Waals surface area contributed by atoms with Crippen LogP contribution in [0.2, 0.25) is 5.02 Å². The lowest BCUT2D eigenvalue weighted by atomic mass is 10.2. The molecular weight excluding hydrogens is 321 g/mol. The van der Waals surface area contributed by atoms with Crippen molar-refractivity contribution in [1.29, 1.82) is 0 Å². The molecule has 3 nitrogen and oxygen atoms in total. The van der Waals surface area contributed by atoms with E-state index in [0.29, 0.717) is 16.3 Å². The first-order valence-electron chi connectivity index (χ1n) is 5.70. The number of carboxylic acids is 1. The topological polar surface area (TPSA) is 50.2 Å². The van der Waals surface area contributed by atoms with Crippen molar-refractivity contribution in [2.75, 3.05) is 0 Å². The van der Waals surface area contributed by atoms with Crippen LogP contribution in [0.4, 0.5) is 4.39 Å². The van der Waals surface area contributed by atoms with Crippen LogP contribution in [0, 0.1) is 12.7 Å². The number of thiazole rings is 1. The molecule has 106 valence electrons. The number of aliphatic carboxylic acids is 1. The molecule has 0 atom stereocenters. The van der Waals surface area contributed by atoms with E-state index in [4.69, 9.17) is 16.7 Å². The van der Waals surface area contributed by atoms with Crippen molar-refractivity contribution >= 4 is 40.7 Å². The van der Waals surface area contributed by atoms with Crippen molar-refractivity contribution < 1.29 is 14.3 Å². The Kier molecular flexibility index (Phi) is 5.01. The van der Waals surface area contributed by atoms with Gasteiger partial charge < -0.3 is 5.11 Å². The van der Waals surface area contributed by atoms with E-state index in [2.05, 4.69) is 4.98 Å². The third-order valence-electron chi connectivity index (χ3n) is 2.54. The summed E-state index contributed by atoms with van der Waals surface area (Å²) in [6.07, 6.45) is -0.0230. The Hall–Kier alpha value is -1.11. The molecule has 0 bridgehead atoms. The number of benzene rings is 1. The van der Waals surface area contributed by atoms with Gasteiger partial charge in [0.15, 0.2) is 4.34 Å². The molecule has 0 saturated carbocycles. The molecule has 2 rings (SSSR count). The summed E-state index contributed by atoms with van der Waals surface area (Å²) < 4.78 is 13.9. The summed E-state index contributed by atoms with van der Waals surface area (Å²) in [5.41, 5.74) is 1.43. The van der Waals surface area contributed by atoms with Crippen molar-refractivity contribution in [3.63, 3.8) is 0 Å². The Labute approximate surface area is 128 Å². The second-order valence-electron chi connectivity index (χ2n) is 4.08. The highest BCUT2D eigenvalue weighted by molar-refractivity contribution is 8.00. The zero-order chi connectivity index (χ0) is 14.7. The Morgan fingerprint density at radius 3 is 3.00 bits per heavy atom. The first kappa shape index (κ1) is 15.3. The number of aromatic nitrogens is 1. The predicted molar refractivity (Wildman–Crippen MR) is 79.2 cm³/mol. The Bertz CT molecular complexity index is 645. The maximum Gasteiger partial charge on any atom is 0.308 e. The molecule has 0 amide bonds. The quantitative estimate of drug-likeness (QED) is 0.836. The summed E-state index contributed by atoms with van der Waals surface area (Å²) in [4.78, 5) is 15.8. The van der Waals surface area contributed by atoms with Crippen LogP contribution < -0.4 is 0 Å². The van der Waals surface area contributed by atoms with Gasteiger partial charge in [0.05, 0.1) is 12.1 Å². The summed E-state index contributed by atoms with van der Waals surface area (Å²) in [6, 6.07) is 4.23. The second kappa shape index (κ2) is 6.56. The lowest BCUT2D eigenvalue weighted by Crippen LogP contribution is -1.99. The molecule has 2 aromatic rings. The van der Waals surface area contributed by atoms with Gasteiger partial charge in [-0.05, 0) is 30.7 Å². The third-order valence-corrected chi connectivity index (χ3v) is 5.26. The second-order valence-corrected chi connectivity index (χ2v) is 6.80. The maximum atomic E-state index is 13.1. The molecule has 0 aliphatic carbocycles. The van der Waals surface area contributed by atoms with E-state index in [0.717, 1.165) is 14.9 Å². The highest BCUT2D eigenvalue weighted by Crippen LogP contribution is 2.32. The van der Waals surface area contributed by atoms with Gasteiger partial charge in [0.1, 0.15) is 5.82 Å². The van der Waals surface area contributed by atoms with Crippen molar-refractivity contribution in [2.45, 2.75) is 23.4 Å². The molecule has 0 unspecified atom stereocenters. The fourth-order valence-electron chi connectivity index (χ4n) is 1.56. The van der Waals surface area contributed by atoms with Crippen LogP contribution in [-0.2, 0) is 17.0 Å². The molecule has 1 aromatic heterocycles. The van der Waals surface area contributed by atoms with Crippen LogP contribution in [0.3, 0.4) is 0 Å². The number of hydrogen-bond acceptors (Lipinski definition) is 4. The number of nitrogens with zero attached hydrogens (tertiary/aromatic N) is 1. The lowest BCUT2D eigenvalue weighted by Gasteiger charge is -2.02. The van der Waals surface area contributed by atoms with Gasteiger partial charge in [-0.25, -0.2) is 9.37 Å². The third kappa shape index (κ3) is 3.94. The molecule has 1 heterocycles. The predicted octanol–water partition coefficient (Wildman–Crippen LogP) is 4.16. The van der Waals surface area contributed by atoms with Crippen LogP contribution in [0.5, 0.6) is 0 Å². The molecule has 20 heavy (non-hydrogen) atoms. The van der Waals surface area contributed by atoms with Crippen molar-refractivity contribution in [1.82, 2.24) is 4.98 Å². The van der Waals surface area contributed by atoms with Gasteiger partial charge in [-0.3, -0.25) is 4.79 Å². The smallest absolute Gasteiger partial charge is 0.308 e. The van der Waals surface area contributed by atoms with E-state index < -0.39 is 5.97 Å². The maximum absolute atomic E-state index is 13.1. The summed E-state index contributed by atoms with van der Waals surface area (Å²) in [6.45, 7) is 1.79. The molecule has 7 heteroatoms. The van der Waals surface area contributed by atoms with Crippen molar-refractivity contribution in [2.24, 2.45) is 0 Å². The van der Waals surface area contributed by atoms with Crippen LogP contribution in [0.1, 0.15) is 16.1 Å². The van der Waals surface area contributed by atoms with E-state index in [9.17, 15) is 9.18 Å². The summed E-state index contributed by atoms with van der Waals surface area (Å²) in [5.74, 6) is -0.705. The number of carbonyl (C=O) groups is 1. The number of aryl methyl sites for hydroxylation is 1. The zero-order valence-corrected chi connectivity index (χ0v) is 12.9. The van der Waals surface area contributed by atoms with Gasteiger partial charge in [-0.2, -0.15) is 0 Å². The van der Waals surface area contributed by atoms with Gasteiger partial charge >= 0.3 is 5.97 Å². The van der Waals surface area contributed by atoms with Crippen LogP contribution in [-0.4, -0.2) is 16.1 Å². The number of hydrogen-bond donors (Lipinski definition) is 1. The van der Waals surface area contributed by atoms with Gasteiger partial charge in [0, 0.05) is 15.7 Å². The minimum absolute atomic E-state index is 0.0230. The number of rotatable bonds is 5. The van der Waals surface area contributed by atoms with Gasteiger partial charge in [-0.1, -0.05) is 23.4 Å². The molecule has 0 radical (unpaired) electrons. The Balaban J connectivity index is 2.07. The zero-order valence-electron chi connectivity index (χ0n) is 10.5. The highest BCUT2D eigenvalue weighted by atomic mass is 35.5. The van der Waals surface area contributed by atoms with Gasteiger partial charge in [-0.15, -0.1) is 11.3 Å². The van der Waals surface area contributed by atoms with Crippen molar-refractivity contribution in [3.05, 3.63) is 45.2 Å². The first-order chi connectivity index (χ1) is 9.45. The molecule has 0 aliphatic heterocycles. The highest BCUT2D eigenvalue weighted by Gasteiger charge is 2.12. The van der Waals surface area contributed by atoms with Crippen LogP contribution in [0.25, 0.3) is 0 Å². The molecule has 0 fully saturated rings. The fourth-order valence-corrected chi connectivity index (χ4v) is 4.04. The number of carboxylic acid groups (broad SMARTS) is 1. The van der Waals surface area contributed by atoms with E-state index in [1.807, 2.05) is 0 Å². The van der Waals surface area contributed by atoms with E-state index in [1.165, 1.54) is 41.3 Å². The summed E-state index contributed by atoms with van der Waals surface area (Å²) in [7, 11) is 0. The van der Waals surface area contributed by atoms with Crippen LogP contribution >= 0.6 is 34.7 Å². The molecule has 0 aliphatic rings. The van der Waals surface area contributed by atoms with E-state index in [-0.39, 0.29) is 12.2 Å².